The highest BCUT2D eigenvalue weighted by Crippen LogP contribution is 2.21. The van der Waals surface area contributed by atoms with Crippen molar-refractivity contribution >= 4 is 33.4 Å². The monoisotopic (exact) mass is 328 g/mol. The average molecular weight is 330 g/mol. The Kier molecular flexibility index (Phi) is 5.64. The zero-order valence-electron chi connectivity index (χ0n) is 10.3. The summed E-state index contributed by atoms with van der Waals surface area (Å²) in [5.74, 6) is -0.292. The summed E-state index contributed by atoms with van der Waals surface area (Å²) in [6, 6.07) is 7.22. The van der Waals surface area contributed by atoms with Crippen molar-refractivity contribution in [2.45, 2.75) is 13.8 Å². The molecule has 0 spiro atoms. The minimum Gasteiger partial charge on any atom is -0.338 e. The molecular formula is C13H14BrClN2O. The molecule has 0 bridgehead atoms. The van der Waals surface area contributed by atoms with Crippen molar-refractivity contribution in [3.8, 4) is 6.07 Å². The zero-order valence-corrected chi connectivity index (χ0v) is 12.6. The molecule has 3 nitrogen and oxygen atoms in total. The summed E-state index contributed by atoms with van der Waals surface area (Å²) in [4.78, 5) is 13.9. The Morgan fingerprint density at radius 2 is 2.22 bits per heavy atom. The van der Waals surface area contributed by atoms with Crippen LogP contribution in [0.15, 0.2) is 22.7 Å². The Bertz CT molecular complexity index is 464. The first kappa shape index (κ1) is 15.0. The summed E-state index contributed by atoms with van der Waals surface area (Å²) in [5, 5.41) is 9.31. The van der Waals surface area contributed by atoms with Gasteiger partial charge in [0, 0.05) is 28.1 Å². The van der Waals surface area contributed by atoms with Crippen LogP contribution >= 0.6 is 27.5 Å². The van der Waals surface area contributed by atoms with Crippen LogP contribution in [0.4, 0.5) is 0 Å². The van der Waals surface area contributed by atoms with E-state index in [0.29, 0.717) is 23.7 Å². The predicted molar refractivity (Wildman–Crippen MR) is 75.5 cm³/mol. The first-order valence-electron chi connectivity index (χ1n) is 5.63. The third kappa shape index (κ3) is 4.01. The number of nitrogens with zero attached hydrogens (tertiary/aromatic N) is 2. The Hall–Kier alpha value is -1.05. The first-order chi connectivity index (χ1) is 8.47. The fourth-order valence-electron chi connectivity index (χ4n) is 1.59. The molecular weight excluding hydrogens is 316 g/mol. The molecule has 0 fully saturated rings. The molecule has 1 unspecified atom stereocenters. The number of hydrogen-bond donors (Lipinski definition) is 0. The van der Waals surface area contributed by atoms with E-state index in [1.807, 2.05) is 6.92 Å². The molecule has 0 N–H and O–H groups in total. The van der Waals surface area contributed by atoms with Gasteiger partial charge in [0.05, 0.1) is 12.0 Å². The maximum absolute atomic E-state index is 12.3. The summed E-state index contributed by atoms with van der Waals surface area (Å²) in [6.45, 7) is 4.68. The van der Waals surface area contributed by atoms with Gasteiger partial charge in [-0.3, -0.25) is 4.79 Å². The summed E-state index contributed by atoms with van der Waals surface area (Å²) in [5.41, 5.74) is 0.529. The summed E-state index contributed by atoms with van der Waals surface area (Å²) < 4.78 is 0.766. The van der Waals surface area contributed by atoms with E-state index in [2.05, 4.69) is 22.0 Å². The number of benzene rings is 1. The van der Waals surface area contributed by atoms with Crippen molar-refractivity contribution in [1.82, 2.24) is 4.90 Å². The van der Waals surface area contributed by atoms with Gasteiger partial charge in [-0.2, -0.15) is 5.26 Å². The topological polar surface area (TPSA) is 44.1 Å². The van der Waals surface area contributed by atoms with Crippen molar-refractivity contribution in [1.29, 1.82) is 5.26 Å². The van der Waals surface area contributed by atoms with Crippen LogP contribution < -0.4 is 0 Å². The van der Waals surface area contributed by atoms with Crippen LogP contribution in [-0.2, 0) is 0 Å². The van der Waals surface area contributed by atoms with Crippen molar-refractivity contribution < 1.29 is 4.79 Å². The highest BCUT2D eigenvalue weighted by Gasteiger charge is 2.17. The molecule has 0 saturated heterocycles. The highest BCUT2D eigenvalue weighted by atomic mass is 79.9. The molecule has 1 atom stereocenters. The number of carbonyl (C=O) groups excluding carboxylic acids is 1. The Balaban J connectivity index is 2.93. The molecule has 1 rings (SSSR count). The molecule has 96 valence electrons. The molecule has 5 heteroatoms. The first-order valence-corrected chi connectivity index (χ1v) is 6.80. The summed E-state index contributed by atoms with van der Waals surface area (Å²) >= 11 is 9.23. The molecule has 1 aromatic rings. The van der Waals surface area contributed by atoms with Crippen LogP contribution in [0.3, 0.4) is 0 Å². The summed E-state index contributed by atoms with van der Waals surface area (Å²) in [6.07, 6.45) is 0. The van der Waals surface area contributed by atoms with Gasteiger partial charge in [-0.25, -0.2) is 0 Å². The zero-order chi connectivity index (χ0) is 13.7. The van der Waals surface area contributed by atoms with Crippen molar-refractivity contribution in [2.75, 3.05) is 13.1 Å². The van der Waals surface area contributed by atoms with Crippen LogP contribution in [0.25, 0.3) is 0 Å². The van der Waals surface area contributed by atoms with E-state index in [1.54, 1.807) is 30.0 Å². The molecule has 0 aliphatic carbocycles. The molecule has 0 heterocycles. The van der Waals surface area contributed by atoms with E-state index < -0.39 is 0 Å². The molecule has 0 aromatic heterocycles. The largest absolute Gasteiger partial charge is 0.338 e. The molecule has 1 amide bonds. The molecule has 0 saturated carbocycles. The third-order valence-electron chi connectivity index (χ3n) is 2.49. The van der Waals surface area contributed by atoms with Gasteiger partial charge in [0.2, 0.25) is 0 Å². The lowest BCUT2D eigenvalue weighted by molar-refractivity contribution is 0.0752. The molecule has 0 aliphatic rings. The maximum atomic E-state index is 12.3. The van der Waals surface area contributed by atoms with E-state index in [0.717, 1.165) is 4.47 Å². The van der Waals surface area contributed by atoms with E-state index in [4.69, 9.17) is 16.9 Å². The number of rotatable bonds is 4. The van der Waals surface area contributed by atoms with Crippen molar-refractivity contribution in [3.63, 3.8) is 0 Å². The van der Waals surface area contributed by atoms with E-state index in [9.17, 15) is 4.79 Å². The second-order valence-corrected chi connectivity index (χ2v) is 5.38. The smallest absolute Gasteiger partial charge is 0.253 e. The Morgan fingerprint density at radius 1 is 1.56 bits per heavy atom. The van der Waals surface area contributed by atoms with E-state index in [-0.39, 0.29) is 11.8 Å². The SMILES string of the molecule is CCN(CC(C)C#N)C(=O)c1cc(Cl)cc(Br)c1. The number of halogens is 2. The van der Waals surface area contributed by atoms with Gasteiger partial charge in [-0.15, -0.1) is 0 Å². The fourth-order valence-corrected chi connectivity index (χ4v) is 2.45. The average Bonchev–Trinajstić information content (AvgIpc) is 2.33. The third-order valence-corrected chi connectivity index (χ3v) is 3.17. The number of carbonyl (C=O) groups is 1. The van der Waals surface area contributed by atoms with Crippen LogP contribution in [-0.4, -0.2) is 23.9 Å². The molecule has 1 aromatic carbocycles. The van der Waals surface area contributed by atoms with E-state index in [1.165, 1.54) is 0 Å². The standard InChI is InChI=1S/C13H14BrClN2O/c1-3-17(8-9(2)7-16)13(18)10-4-11(14)6-12(15)5-10/h4-6,9H,3,8H2,1-2H3. The lowest BCUT2D eigenvalue weighted by Gasteiger charge is -2.22. The van der Waals surface area contributed by atoms with Crippen LogP contribution in [0, 0.1) is 17.2 Å². The number of hydrogen-bond acceptors (Lipinski definition) is 2. The van der Waals surface area contributed by atoms with Gasteiger partial charge in [0.15, 0.2) is 0 Å². The predicted octanol–water partition coefficient (Wildman–Crippen LogP) is 3.72. The number of nitriles is 1. The fraction of sp³-hybridized carbons (Fsp3) is 0.385. The maximum Gasteiger partial charge on any atom is 0.253 e. The van der Waals surface area contributed by atoms with Gasteiger partial charge in [-0.1, -0.05) is 27.5 Å². The quantitative estimate of drug-likeness (QED) is 0.845. The van der Waals surface area contributed by atoms with Crippen LogP contribution in [0.1, 0.15) is 24.2 Å². The lowest BCUT2D eigenvalue weighted by atomic mass is 10.1. The van der Waals surface area contributed by atoms with Gasteiger partial charge >= 0.3 is 0 Å². The molecule has 0 aliphatic heterocycles. The highest BCUT2D eigenvalue weighted by molar-refractivity contribution is 9.10. The van der Waals surface area contributed by atoms with Gasteiger partial charge < -0.3 is 4.90 Å². The molecule has 18 heavy (non-hydrogen) atoms. The number of amides is 1. The van der Waals surface area contributed by atoms with Crippen LogP contribution in [0.2, 0.25) is 5.02 Å². The van der Waals surface area contributed by atoms with Crippen LogP contribution in [0.5, 0.6) is 0 Å². The Morgan fingerprint density at radius 3 is 2.72 bits per heavy atom. The normalized spacial score (nSPS) is 11.7. The summed E-state index contributed by atoms with van der Waals surface area (Å²) in [7, 11) is 0. The van der Waals surface area contributed by atoms with Gasteiger partial charge in [0.25, 0.3) is 5.91 Å². The lowest BCUT2D eigenvalue weighted by Crippen LogP contribution is -2.34. The van der Waals surface area contributed by atoms with Gasteiger partial charge in [0.1, 0.15) is 0 Å². The minimum atomic E-state index is -0.184. The van der Waals surface area contributed by atoms with E-state index >= 15 is 0 Å². The van der Waals surface area contributed by atoms with Crippen molar-refractivity contribution in [2.24, 2.45) is 5.92 Å². The second-order valence-electron chi connectivity index (χ2n) is 4.03. The minimum absolute atomic E-state index is 0.109. The second kappa shape index (κ2) is 6.77. The van der Waals surface area contributed by atoms with Crippen molar-refractivity contribution in [3.05, 3.63) is 33.3 Å². The Labute approximate surface area is 120 Å². The van der Waals surface area contributed by atoms with Gasteiger partial charge in [-0.05, 0) is 32.0 Å². The molecule has 0 radical (unpaired) electrons.